The molecule has 3 saturated heterocycles. The van der Waals surface area contributed by atoms with Crippen LogP contribution in [0.3, 0.4) is 0 Å². The fraction of sp³-hybridized carbons (Fsp3) is 0.719. The highest BCUT2D eigenvalue weighted by molar-refractivity contribution is 5.89. The van der Waals surface area contributed by atoms with Crippen LogP contribution in [-0.2, 0) is 28.4 Å². The third kappa shape index (κ3) is 4.75. The lowest BCUT2D eigenvalue weighted by Gasteiger charge is -2.60. The molecule has 42 heavy (non-hydrogen) atoms. The maximum Gasteiger partial charge on any atom is 0.338 e. The van der Waals surface area contributed by atoms with Crippen molar-refractivity contribution in [1.82, 2.24) is 0 Å². The minimum absolute atomic E-state index is 0.0145. The van der Waals surface area contributed by atoms with Crippen molar-refractivity contribution in [2.75, 3.05) is 19.8 Å². The van der Waals surface area contributed by atoms with E-state index in [1.165, 1.54) is 0 Å². The number of esters is 1. The molecule has 232 valence electrons. The van der Waals surface area contributed by atoms with Crippen LogP contribution in [0.4, 0.5) is 0 Å². The van der Waals surface area contributed by atoms with E-state index in [1.807, 2.05) is 20.8 Å². The van der Waals surface area contributed by atoms with E-state index < -0.39 is 76.3 Å². The monoisotopic (exact) mass is 588 g/mol. The first kappa shape index (κ1) is 30.1. The summed E-state index contributed by atoms with van der Waals surface area (Å²) >= 11 is 0. The normalized spacial score (nSPS) is 45.2. The molecule has 0 unspecified atom stereocenters. The van der Waals surface area contributed by atoms with Gasteiger partial charge in [-0.1, -0.05) is 39.0 Å². The summed E-state index contributed by atoms with van der Waals surface area (Å²) in [5.41, 5.74) is -3.76. The minimum Gasteiger partial charge on any atom is -0.455 e. The number of ether oxygens (including phenoxy) is 6. The number of hydrogen-bond acceptors (Lipinski definition) is 10. The van der Waals surface area contributed by atoms with Gasteiger partial charge in [0.15, 0.2) is 11.6 Å². The van der Waals surface area contributed by atoms with E-state index in [9.17, 15) is 20.1 Å². The number of carbonyl (C=O) groups is 1. The average Bonchev–Trinajstić information content (AvgIpc) is 3.65. The molecule has 6 rings (SSSR count). The molecule has 2 saturated carbocycles. The van der Waals surface area contributed by atoms with E-state index in [1.54, 1.807) is 63.3 Å². The number of aliphatic hydroxyl groups excluding tert-OH is 2. The van der Waals surface area contributed by atoms with E-state index in [2.05, 4.69) is 0 Å². The Bertz CT molecular complexity index is 1210. The molecule has 5 aliphatic rings. The Morgan fingerprint density at radius 2 is 1.62 bits per heavy atom. The van der Waals surface area contributed by atoms with Crippen LogP contribution in [0.5, 0.6) is 0 Å². The molecule has 0 amide bonds. The van der Waals surface area contributed by atoms with Gasteiger partial charge in [-0.2, -0.15) is 0 Å². The standard InChI is InChI=1S/C32H44O10/c1-28(2)16-20(33)24(34)31(6)21(19-17-39-29(3,4)42-22(19)23-26(31)40-23)25(41-27(35)18-10-8-7-9-11-18)32(28,36)13-12-30(5)37-14-15-38-30/h7-13,19-26,33-34,36H,14-17H2,1-6H3/b13-12+/t19-,20-,21+,22+,23+,24+,25-,26+,31+,32+/m0/s1. The number of aliphatic hydroxyl groups is 3. The topological polar surface area (TPSA) is 136 Å². The lowest BCUT2D eigenvalue weighted by atomic mass is 9.49. The van der Waals surface area contributed by atoms with E-state index in [4.69, 9.17) is 28.4 Å². The number of hydrogen-bond donors (Lipinski definition) is 3. The second-order valence-electron chi connectivity index (χ2n) is 14.0. The van der Waals surface area contributed by atoms with Gasteiger partial charge in [-0.25, -0.2) is 4.79 Å². The number of fused-ring (bicyclic) bond motifs is 6. The Balaban J connectivity index is 1.53. The molecule has 0 radical (unpaired) electrons. The van der Waals surface area contributed by atoms with Crippen molar-refractivity contribution >= 4 is 5.97 Å². The lowest BCUT2D eigenvalue weighted by molar-refractivity contribution is -0.327. The lowest BCUT2D eigenvalue weighted by Crippen LogP contribution is -2.72. The number of epoxide rings is 1. The highest BCUT2D eigenvalue weighted by Crippen LogP contribution is 2.64. The molecule has 3 heterocycles. The molecule has 0 aromatic heterocycles. The SMILES string of the molecule is CC1(C)OC[C@@H]2[C@@H](O1)[C@H]1O[C@H]1[C@]1(C)[C@H]2[C@H](OC(=O)c2ccccc2)[C@](O)(/C=C/C2(C)OCCO2)C(C)(C)C[C@H](O)[C@H]1O. The summed E-state index contributed by atoms with van der Waals surface area (Å²) in [6.45, 7) is 11.9. The van der Waals surface area contributed by atoms with E-state index >= 15 is 0 Å². The molecule has 3 aliphatic heterocycles. The molecular weight excluding hydrogens is 544 g/mol. The van der Waals surface area contributed by atoms with E-state index in [0.29, 0.717) is 18.8 Å². The van der Waals surface area contributed by atoms with Gasteiger partial charge in [0, 0.05) is 22.7 Å². The molecule has 10 nitrogen and oxygen atoms in total. The third-order valence-electron chi connectivity index (χ3n) is 10.4. The van der Waals surface area contributed by atoms with Crippen molar-refractivity contribution in [1.29, 1.82) is 0 Å². The summed E-state index contributed by atoms with van der Waals surface area (Å²) in [5.74, 6) is -3.76. The van der Waals surface area contributed by atoms with Crippen LogP contribution in [0, 0.1) is 22.7 Å². The van der Waals surface area contributed by atoms with Crippen LogP contribution < -0.4 is 0 Å². The highest BCUT2D eigenvalue weighted by atomic mass is 16.7. The summed E-state index contributed by atoms with van der Waals surface area (Å²) in [4.78, 5) is 13.8. The maximum atomic E-state index is 13.8. The molecule has 10 heteroatoms. The fourth-order valence-corrected chi connectivity index (χ4v) is 7.92. The molecule has 0 spiro atoms. The quantitative estimate of drug-likeness (QED) is 0.274. The molecular formula is C32H44O10. The fourth-order valence-electron chi connectivity index (χ4n) is 7.92. The average molecular weight is 589 g/mol. The van der Waals surface area contributed by atoms with Crippen LogP contribution in [0.15, 0.2) is 42.5 Å². The van der Waals surface area contributed by atoms with Crippen molar-refractivity contribution in [3.8, 4) is 0 Å². The smallest absolute Gasteiger partial charge is 0.338 e. The third-order valence-corrected chi connectivity index (χ3v) is 10.4. The molecule has 0 bridgehead atoms. The summed E-state index contributed by atoms with van der Waals surface area (Å²) < 4.78 is 36.8. The number of rotatable bonds is 4. The summed E-state index contributed by atoms with van der Waals surface area (Å²) in [5, 5.41) is 36.3. The minimum atomic E-state index is -1.86. The molecule has 1 aromatic rings. The van der Waals surface area contributed by atoms with E-state index in [-0.39, 0.29) is 19.1 Å². The first-order valence-corrected chi connectivity index (χ1v) is 14.9. The summed E-state index contributed by atoms with van der Waals surface area (Å²) in [7, 11) is 0. The van der Waals surface area contributed by atoms with Gasteiger partial charge >= 0.3 is 5.97 Å². The van der Waals surface area contributed by atoms with Gasteiger partial charge in [-0.3, -0.25) is 0 Å². The van der Waals surface area contributed by atoms with Crippen LogP contribution >= 0.6 is 0 Å². The Morgan fingerprint density at radius 1 is 0.952 bits per heavy atom. The highest BCUT2D eigenvalue weighted by Gasteiger charge is 2.75. The van der Waals surface area contributed by atoms with Crippen molar-refractivity contribution in [2.24, 2.45) is 22.7 Å². The molecule has 5 fully saturated rings. The second kappa shape index (κ2) is 10.1. The Hall–Kier alpha value is -1.89. The molecule has 3 N–H and O–H groups in total. The van der Waals surface area contributed by atoms with Gasteiger partial charge in [0.2, 0.25) is 0 Å². The van der Waals surface area contributed by atoms with Gasteiger partial charge < -0.3 is 43.7 Å². The van der Waals surface area contributed by atoms with Crippen molar-refractivity contribution in [2.45, 2.75) is 102 Å². The van der Waals surface area contributed by atoms with Gasteiger partial charge in [-0.15, -0.1) is 0 Å². The first-order valence-electron chi connectivity index (χ1n) is 14.9. The van der Waals surface area contributed by atoms with Crippen LogP contribution in [0.1, 0.15) is 58.3 Å². The van der Waals surface area contributed by atoms with Gasteiger partial charge in [-0.05, 0) is 51.5 Å². The first-order chi connectivity index (χ1) is 19.6. The number of carbonyl (C=O) groups excluding carboxylic acids is 1. The van der Waals surface area contributed by atoms with Gasteiger partial charge in [0.05, 0.1) is 49.8 Å². The van der Waals surface area contributed by atoms with Crippen LogP contribution in [-0.4, -0.2) is 94.9 Å². The van der Waals surface area contributed by atoms with Gasteiger partial charge in [0.1, 0.15) is 17.8 Å². The van der Waals surface area contributed by atoms with E-state index in [0.717, 1.165) is 0 Å². The van der Waals surface area contributed by atoms with Crippen molar-refractivity contribution in [3.05, 3.63) is 48.0 Å². The van der Waals surface area contributed by atoms with Crippen molar-refractivity contribution in [3.63, 3.8) is 0 Å². The molecule has 10 atom stereocenters. The van der Waals surface area contributed by atoms with Crippen LogP contribution in [0.25, 0.3) is 0 Å². The van der Waals surface area contributed by atoms with Gasteiger partial charge in [0.25, 0.3) is 0 Å². The number of benzene rings is 1. The Labute approximate surface area is 246 Å². The predicted octanol–water partition coefficient (Wildman–Crippen LogP) is 2.59. The summed E-state index contributed by atoms with van der Waals surface area (Å²) in [6, 6.07) is 8.61. The zero-order valence-electron chi connectivity index (χ0n) is 25.2. The molecule has 2 aliphatic carbocycles. The zero-order chi connectivity index (χ0) is 30.3. The maximum absolute atomic E-state index is 13.8. The Morgan fingerprint density at radius 3 is 2.29 bits per heavy atom. The largest absolute Gasteiger partial charge is 0.455 e. The predicted molar refractivity (Wildman–Crippen MR) is 149 cm³/mol. The zero-order valence-corrected chi connectivity index (χ0v) is 25.2. The Kier molecular flexibility index (Phi) is 7.23. The van der Waals surface area contributed by atoms with Crippen molar-refractivity contribution < 1.29 is 48.5 Å². The van der Waals surface area contributed by atoms with Crippen LogP contribution in [0.2, 0.25) is 0 Å². The molecule has 1 aromatic carbocycles. The second-order valence-corrected chi connectivity index (χ2v) is 14.0. The summed E-state index contributed by atoms with van der Waals surface area (Å²) in [6.07, 6.45) is -1.64.